The molecule has 100 valence electrons. The Bertz CT molecular complexity index is 244. The molecule has 0 unspecified atom stereocenters. The van der Waals surface area contributed by atoms with E-state index >= 15 is 0 Å². The summed E-state index contributed by atoms with van der Waals surface area (Å²) in [5.74, 6) is -0.0996. The van der Waals surface area contributed by atoms with E-state index in [9.17, 15) is 9.59 Å². The van der Waals surface area contributed by atoms with Crippen LogP contribution in [0.1, 0.15) is 40.0 Å². The number of amides is 1. The third-order valence-electron chi connectivity index (χ3n) is 2.15. The summed E-state index contributed by atoms with van der Waals surface area (Å²) >= 11 is 3.27. The van der Waals surface area contributed by atoms with Gasteiger partial charge in [0.2, 0.25) is 5.91 Å². The minimum absolute atomic E-state index is 0.0943. The van der Waals surface area contributed by atoms with Crippen molar-refractivity contribution in [2.24, 2.45) is 5.92 Å². The molecular weight excluding hydrogens is 286 g/mol. The molecule has 5 heteroatoms. The lowest BCUT2D eigenvalue weighted by Crippen LogP contribution is -2.42. The molecule has 4 nitrogen and oxygen atoms in total. The van der Waals surface area contributed by atoms with Crippen LogP contribution in [0.4, 0.5) is 0 Å². The van der Waals surface area contributed by atoms with Crippen molar-refractivity contribution in [3.8, 4) is 0 Å². The van der Waals surface area contributed by atoms with Crippen molar-refractivity contribution in [2.75, 3.05) is 11.9 Å². The zero-order chi connectivity index (χ0) is 13.3. The van der Waals surface area contributed by atoms with Gasteiger partial charge in [0.25, 0.3) is 0 Å². The SMILES string of the molecule is CCOC(=O)[C@H](CC(C)C)NC(=O)CCCBr. The number of esters is 1. The van der Waals surface area contributed by atoms with Crippen LogP contribution in [0.15, 0.2) is 0 Å². The molecule has 0 rings (SSSR count). The van der Waals surface area contributed by atoms with Crippen LogP contribution in [0.2, 0.25) is 0 Å². The van der Waals surface area contributed by atoms with Gasteiger partial charge in [-0.15, -0.1) is 0 Å². The van der Waals surface area contributed by atoms with Crippen molar-refractivity contribution in [3.63, 3.8) is 0 Å². The molecule has 0 aromatic carbocycles. The molecule has 0 spiro atoms. The lowest BCUT2D eigenvalue weighted by atomic mass is 10.0. The lowest BCUT2D eigenvalue weighted by Gasteiger charge is -2.18. The number of carbonyl (C=O) groups is 2. The van der Waals surface area contributed by atoms with Crippen LogP contribution in [-0.2, 0) is 14.3 Å². The highest BCUT2D eigenvalue weighted by atomic mass is 79.9. The Morgan fingerprint density at radius 3 is 2.47 bits per heavy atom. The molecule has 0 aliphatic carbocycles. The van der Waals surface area contributed by atoms with Gasteiger partial charge in [-0.1, -0.05) is 29.8 Å². The molecule has 0 bridgehead atoms. The average molecular weight is 308 g/mol. The van der Waals surface area contributed by atoms with Gasteiger partial charge in [-0.05, 0) is 25.7 Å². The Hall–Kier alpha value is -0.580. The molecule has 0 fully saturated rings. The number of alkyl halides is 1. The number of carbonyl (C=O) groups excluding carboxylic acids is 2. The van der Waals surface area contributed by atoms with Crippen molar-refractivity contribution in [3.05, 3.63) is 0 Å². The maximum atomic E-state index is 11.6. The van der Waals surface area contributed by atoms with E-state index in [4.69, 9.17) is 4.74 Å². The molecular formula is C12H22BrNO3. The summed E-state index contributed by atoms with van der Waals surface area (Å²) in [5, 5.41) is 3.52. The third kappa shape index (κ3) is 8.18. The number of hydrogen-bond donors (Lipinski definition) is 1. The summed E-state index contributed by atoms with van der Waals surface area (Å²) in [6, 6.07) is -0.516. The van der Waals surface area contributed by atoms with Crippen molar-refractivity contribution in [1.29, 1.82) is 0 Å². The van der Waals surface area contributed by atoms with Crippen molar-refractivity contribution in [1.82, 2.24) is 5.32 Å². The summed E-state index contributed by atoms with van der Waals surface area (Å²) in [6.07, 6.45) is 1.81. The molecule has 0 aliphatic rings. The molecule has 0 radical (unpaired) electrons. The van der Waals surface area contributed by atoms with E-state index in [2.05, 4.69) is 21.2 Å². The van der Waals surface area contributed by atoms with Crippen LogP contribution < -0.4 is 5.32 Å². The zero-order valence-electron chi connectivity index (χ0n) is 10.8. The monoisotopic (exact) mass is 307 g/mol. The fourth-order valence-corrected chi connectivity index (χ4v) is 1.70. The molecule has 0 heterocycles. The highest BCUT2D eigenvalue weighted by molar-refractivity contribution is 9.09. The normalized spacial score (nSPS) is 12.3. The maximum absolute atomic E-state index is 11.6. The predicted molar refractivity (Wildman–Crippen MR) is 71.0 cm³/mol. The number of hydrogen-bond acceptors (Lipinski definition) is 3. The van der Waals surface area contributed by atoms with Crippen LogP contribution in [0.5, 0.6) is 0 Å². The summed E-state index contributed by atoms with van der Waals surface area (Å²) in [6.45, 7) is 6.12. The van der Waals surface area contributed by atoms with Gasteiger partial charge in [-0.2, -0.15) is 0 Å². The second kappa shape index (κ2) is 9.45. The van der Waals surface area contributed by atoms with Gasteiger partial charge in [0.15, 0.2) is 0 Å². The van der Waals surface area contributed by atoms with Crippen molar-refractivity contribution in [2.45, 2.75) is 46.1 Å². The molecule has 17 heavy (non-hydrogen) atoms. The molecule has 0 saturated carbocycles. The number of halogens is 1. The molecule has 0 aliphatic heterocycles. The minimum Gasteiger partial charge on any atom is -0.464 e. The largest absolute Gasteiger partial charge is 0.464 e. The second-order valence-corrected chi connectivity index (χ2v) is 5.09. The first-order valence-electron chi connectivity index (χ1n) is 6.03. The van der Waals surface area contributed by atoms with E-state index < -0.39 is 6.04 Å². The number of rotatable bonds is 8. The summed E-state index contributed by atoms with van der Waals surface area (Å²) < 4.78 is 4.95. The van der Waals surface area contributed by atoms with E-state index in [-0.39, 0.29) is 11.9 Å². The highest BCUT2D eigenvalue weighted by Gasteiger charge is 2.22. The van der Waals surface area contributed by atoms with E-state index in [1.54, 1.807) is 6.92 Å². The molecule has 0 saturated heterocycles. The minimum atomic E-state index is -0.516. The standard InChI is InChI=1S/C12H22BrNO3/c1-4-17-12(16)10(8-9(2)3)14-11(15)6-5-7-13/h9-10H,4-8H2,1-3H3,(H,14,15)/t10-/m0/s1. The van der Waals surface area contributed by atoms with Crippen LogP contribution in [0, 0.1) is 5.92 Å². The Kier molecular flexibility index (Phi) is 9.13. The number of ether oxygens (including phenoxy) is 1. The predicted octanol–water partition coefficient (Wildman–Crippen LogP) is 2.26. The fourth-order valence-electron chi connectivity index (χ4n) is 1.42. The Labute approximate surface area is 112 Å². The quantitative estimate of drug-likeness (QED) is 0.553. The third-order valence-corrected chi connectivity index (χ3v) is 2.71. The zero-order valence-corrected chi connectivity index (χ0v) is 12.4. The van der Waals surface area contributed by atoms with Crippen LogP contribution >= 0.6 is 15.9 Å². The van der Waals surface area contributed by atoms with Crippen LogP contribution in [0.3, 0.4) is 0 Å². The second-order valence-electron chi connectivity index (χ2n) is 4.29. The Morgan fingerprint density at radius 1 is 1.35 bits per heavy atom. The van der Waals surface area contributed by atoms with Crippen LogP contribution in [-0.4, -0.2) is 29.9 Å². The molecule has 0 aromatic heterocycles. The molecule has 1 N–H and O–H groups in total. The van der Waals surface area contributed by atoms with Crippen molar-refractivity contribution < 1.29 is 14.3 Å². The fraction of sp³-hybridized carbons (Fsp3) is 0.833. The van der Waals surface area contributed by atoms with Gasteiger partial charge in [0, 0.05) is 11.8 Å². The lowest BCUT2D eigenvalue weighted by molar-refractivity contribution is -0.147. The van der Waals surface area contributed by atoms with Crippen molar-refractivity contribution >= 4 is 27.8 Å². The summed E-state index contributed by atoms with van der Waals surface area (Å²) in [4.78, 5) is 23.2. The van der Waals surface area contributed by atoms with Gasteiger partial charge in [0.1, 0.15) is 6.04 Å². The van der Waals surface area contributed by atoms with E-state index in [1.165, 1.54) is 0 Å². The van der Waals surface area contributed by atoms with Gasteiger partial charge in [-0.3, -0.25) is 4.79 Å². The summed E-state index contributed by atoms with van der Waals surface area (Å²) in [5.41, 5.74) is 0. The Morgan fingerprint density at radius 2 is 2.00 bits per heavy atom. The first kappa shape index (κ1) is 16.4. The van der Waals surface area contributed by atoms with Gasteiger partial charge in [0.05, 0.1) is 6.61 Å². The molecule has 1 amide bonds. The van der Waals surface area contributed by atoms with E-state index in [0.29, 0.717) is 25.4 Å². The van der Waals surface area contributed by atoms with Gasteiger partial charge in [-0.25, -0.2) is 4.79 Å². The molecule has 0 aromatic rings. The van der Waals surface area contributed by atoms with Crippen LogP contribution in [0.25, 0.3) is 0 Å². The smallest absolute Gasteiger partial charge is 0.328 e. The summed E-state index contributed by atoms with van der Waals surface area (Å²) in [7, 11) is 0. The maximum Gasteiger partial charge on any atom is 0.328 e. The first-order valence-corrected chi connectivity index (χ1v) is 7.15. The Balaban J connectivity index is 4.27. The first-order chi connectivity index (χ1) is 8.01. The molecule has 1 atom stereocenters. The topological polar surface area (TPSA) is 55.4 Å². The van der Waals surface area contributed by atoms with Gasteiger partial charge < -0.3 is 10.1 Å². The van der Waals surface area contributed by atoms with Gasteiger partial charge >= 0.3 is 5.97 Å². The van der Waals surface area contributed by atoms with E-state index in [0.717, 1.165) is 11.8 Å². The average Bonchev–Trinajstić information content (AvgIpc) is 2.25. The number of nitrogens with one attached hydrogen (secondary N) is 1. The van der Waals surface area contributed by atoms with E-state index in [1.807, 2.05) is 13.8 Å². The highest BCUT2D eigenvalue weighted by Crippen LogP contribution is 2.07.